The van der Waals surface area contributed by atoms with Gasteiger partial charge in [-0.1, -0.05) is 12.1 Å². The second-order valence-electron chi connectivity index (χ2n) is 4.33. The normalized spacial score (nSPS) is 13.4. The molecule has 0 unspecified atom stereocenters. The quantitative estimate of drug-likeness (QED) is 0.627. The predicted molar refractivity (Wildman–Crippen MR) is 67.3 cm³/mol. The Bertz CT molecular complexity index is 598. The summed E-state index contributed by atoms with van der Waals surface area (Å²) in [5.41, 5.74) is 5.37. The maximum absolute atomic E-state index is 13.2. The number of halogens is 1. The Hall–Kier alpha value is -2.01. The molecule has 1 aliphatic carbocycles. The van der Waals surface area contributed by atoms with E-state index in [0.717, 1.165) is 30.5 Å². The lowest BCUT2D eigenvalue weighted by Crippen LogP contribution is -2.12. The highest BCUT2D eigenvalue weighted by Crippen LogP contribution is 2.28. The zero-order valence-electron chi connectivity index (χ0n) is 9.78. The average Bonchev–Trinajstić information content (AvgIpc) is 2.85. The molecule has 5 heteroatoms. The number of rotatable bonds is 2. The molecule has 1 heterocycles. The van der Waals surface area contributed by atoms with Crippen molar-refractivity contribution in [1.82, 2.24) is 9.97 Å². The molecule has 1 aromatic heterocycles. The Morgan fingerprint density at radius 3 is 2.89 bits per heavy atom. The number of benzene rings is 1. The van der Waals surface area contributed by atoms with Crippen LogP contribution < -0.4 is 11.3 Å². The lowest BCUT2D eigenvalue weighted by Gasteiger charge is -2.09. The summed E-state index contributed by atoms with van der Waals surface area (Å²) in [4.78, 5) is 8.86. The molecule has 1 aromatic carbocycles. The van der Waals surface area contributed by atoms with E-state index in [2.05, 4.69) is 15.4 Å². The fraction of sp³-hybridized carbons (Fsp3) is 0.231. The first-order chi connectivity index (χ1) is 8.78. The maximum Gasteiger partial charge on any atom is 0.161 e. The van der Waals surface area contributed by atoms with Crippen molar-refractivity contribution in [3.05, 3.63) is 41.3 Å². The van der Waals surface area contributed by atoms with Crippen LogP contribution in [0, 0.1) is 5.82 Å². The van der Waals surface area contributed by atoms with Crippen LogP contribution in [-0.2, 0) is 12.8 Å². The molecular weight excluding hydrogens is 231 g/mol. The van der Waals surface area contributed by atoms with Crippen LogP contribution in [0.5, 0.6) is 0 Å². The van der Waals surface area contributed by atoms with Crippen molar-refractivity contribution < 1.29 is 4.39 Å². The molecule has 0 radical (unpaired) electrons. The number of anilines is 1. The van der Waals surface area contributed by atoms with Crippen LogP contribution in [0.4, 0.5) is 10.2 Å². The van der Waals surface area contributed by atoms with Crippen molar-refractivity contribution in [2.24, 2.45) is 5.84 Å². The predicted octanol–water partition coefficient (Wildman–Crippen LogP) is 2.06. The first kappa shape index (κ1) is 11.1. The average molecular weight is 244 g/mol. The lowest BCUT2D eigenvalue weighted by atomic mass is 10.2. The highest BCUT2D eigenvalue weighted by Gasteiger charge is 2.19. The first-order valence-electron chi connectivity index (χ1n) is 5.90. The number of aromatic nitrogens is 2. The van der Waals surface area contributed by atoms with Gasteiger partial charge in [-0.2, -0.15) is 0 Å². The van der Waals surface area contributed by atoms with Gasteiger partial charge in [-0.05, 0) is 31.4 Å². The zero-order valence-corrected chi connectivity index (χ0v) is 9.78. The summed E-state index contributed by atoms with van der Waals surface area (Å²) in [7, 11) is 0. The van der Waals surface area contributed by atoms with Gasteiger partial charge in [-0.3, -0.25) is 0 Å². The first-order valence-corrected chi connectivity index (χ1v) is 5.90. The Morgan fingerprint density at radius 1 is 1.22 bits per heavy atom. The lowest BCUT2D eigenvalue weighted by molar-refractivity contribution is 0.628. The van der Waals surface area contributed by atoms with Crippen molar-refractivity contribution in [3.63, 3.8) is 0 Å². The molecular formula is C13H13FN4. The Labute approximate surface area is 104 Å². The van der Waals surface area contributed by atoms with E-state index in [1.54, 1.807) is 12.1 Å². The highest BCUT2D eigenvalue weighted by atomic mass is 19.1. The highest BCUT2D eigenvalue weighted by molar-refractivity contribution is 5.60. The van der Waals surface area contributed by atoms with Gasteiger partial charge in [0.1, 0.15) is 11.6 Å². The fourth-order valence-electron chi connectivity index (χ4n) is 2.31. The fourth-order valence-corrected chi connectivity index (χ4v) is 2.31. The molecule has 92 valence electrons. The van der Waals surface area contributed by atoms with Crippen molar-refractivity contribution >= 4 is 5.82 Å². The van der Waals surface area contributed by atoms with E-state index in [9.17, 15) is 4.39 Å². The van der Waals surface area contributed by atoms with Gasteiger partial charge in [0.05, 0.1) is 0 Å². The Kier molecular flexibility index (Phi) is 2.68. The largest absolute Gasteiger partial charge is 0.308 e. The number of aryl methyl sites for hydroxylation is 1. The monoisotopic (exact) mass is 244 g/mol. The number of nitrogen functional groups attached to an aromatic ring is 1. The number of hydrogen-bond donors (Lipinski definition) is 2. The van der Waals surface area contributed by atoms with Crippen molar-refractivity contribution in [3.8, 4) is 11.4 Å². The van der Waals surface area contributed by atoms with Gasteiger partial charge < -0.3 is 5.43 Å². The third-order valence-corrected chi connectivity index (χ3v) is 3.15. The van der Waals surface area contributed by atoms with Crippen LogP contribution in [0.2, 0.25) is 0 Å². The van der Waals surface area contributed by atoms with E-state index in [-0.39, 0.29) is 5.82 Å². The minimum atomic E-state index is -0.293. The van der Waals surface area contributed by atoms with E-state index in [1.807, 2.05) is 0 Å². The third-order valence-electron chi connectivity index (χ3n) is 3.15. The number of hydrogen-bond acceptors (Lipinski definition) is 4. The topological polar surface area (TPSA) is 63.8 Å². The molecule has 0 aliphatic heterocycles. The summed E-state index contributed by atoms with van der Waals surface area (Å²) in [6.45, 7) is 0. The summed E-state index contributed by atoms with van der Waals surface area (Å²) in [6, 6.07) is 6.27. The van der Waals surface area contributed by atoms with Crippen LogP contribution in [0.1, 0.15) is 17.7 Å². The molecule has 0 saturated heterocycles. The molecule has 0 spiro atoms. The summed E-state index contributed by atoms with van der Waals surface area (Å²) in [5.74, 6) is 6.36. The summed E-state index contributed by atoms with van der Waals surface area (Å²) in [5, 5.41) is 0. The minimum Gasteiger partial charge on any atom is -0.308 e. The molecule has 0 atom stereocenters. The van der Waals surface area contributed by atoms with Gasteiger partial charge in [0.25, 0.3) is 0 Å². The smallest absolute Gasteiger partial charge is 0.161 e. The van der Waals surface area contributed by atoms with E-state index < -0.39 is 0 Å². The summed E-state index contributed by atoms with van der Waals surface area (Å²) < 4.78 is 13.2. The molecule has 0 bridgehead atoms. The molecule has 3 rings (SSSR count). The van der Waals surface area contributed by atoms with Crippen LogP contribution >= 0.6 is 0 Å². The van der Waals surface area contributed by atoms with Crippen molar-refractivity contribution in [1.29, 1.82) is 0 Å². The molecule has 4 nitrogen and oxygen atoms in total. The summed E-state index contributed by atoms with van der Waals surface area (Å²) >= 11 is 0. The van der Waals surface area contributed by atoms with Gasteiger partial charge in [-0.15, -0.1) is 0 Å². The second kappa shape index (κ2) is 4.34. The van der Waals surface area contributed by atoms with Crippen LogP contribution in [0.25, 0.3) is 11.4 Å². The van der Waals surface area contributed by atoms with E-state index in [1.165, 1.54) is 12.1 Å². The van der Waals surface area contributed by atoms with Crippen LogP contribution in [0.15, 0.2) is 24.3 Å². The maximum atomic E-state index is 13.2. The number of nitrogens with two attached hydrogens (primary N) is 1. The molecule has 18 heavy (non-hydrogen) atoms. The Morgan fingerprint density at radius 2 is 2.11 bits per heavy atom. The van der Waals surface area contributed by atoms with Gasteiger partial charge in [0.15, 0.2) is 5.82 Å². The Balaban J connectivity index is 2.13. The minimum absolute atomic E-state index is 0.293. The number of fused-ring (bicyclic) bond motifs is 1. The van der Waals surface area contributed by atoms with Crippen LogP contribution in [-0.4, -0.2) is 9.97 Å². The molecule has 0 amide bonds. The number of nitrogens with one attached hydrogen (secondary N) is 1. The SMILES string of the molecule is NNc1nc(-c2cccc(F)c2)nc2c1CCC2. The summed E-state index contributed by atoms with van der Waals surface area (Å²) in [6.07, 6.45) is 2.93. The molecule has 1 aliphatic rings. The third kappa shape index (κ3) is 1.82. The molecule has 0 fully saturated rings. The number of hydrazine groups is 1. The van der Waals surface area contributed by atoms with Gasteiger partial charge in [0.2, 0.25) is 0 Å². The van der Waals surface area contributed by atoms with Gasteiger partial charge in [-0.25, -0.2) is 20.2 Å². The van der Waals surface area contributed by atoms with E-state index in [4.69, 9.17) is 5.84 Å². The second-order valence-corrected chi connectivity index (χ2v) is 4.33. The van der Waals surface area contributed by atoms with Crippen molar-refractivity contribution in [2.45, 2.75) is 19.3 Å². The number of nitrogens with zero attached hydrogens (tertiary/aromatic N) is 2. The van der Waals surface area contributed by atoms with Crippen LogP contribution in [0.3, 0.4) is 0 Å². The molecule has 0 saturated carbocycles. The van der Waals surface area contributed by atoms with Gasteiger partial charge >= 0.3 is 0 Å². The van der Waals surface area contributed by atoms with E-state index in [0.29, 0.717) is 17.2 Å². The van der Waals surface area contributed by atoms with Gasteiger partial charge in [0, 0.05) is 16.8 Å². The zero-order chi connectivity index (χ0) is 12.5. The van der Waals surface area contributed by atoms with E-state index >= 15 is 0 Å². The standard InChI is InChI=1S/C13H13FN4/c14-9-4-1-3-8(7-9)12-16-11-6-2-5-10(11)13(17-12)18-15/h1,3-4,7H,2,5-6,15H2,(H,16,17,18). The van der Waals surface area contributed by atoms with Crippen molar-refractivity contribution in [2.75, 3.05) is 5.43 Å². The molecule has 2 aromatic rings. The molecule has 3 N–H and O–H groups in total.